The molecule has 1 fully saturated rings. The number of fused-ring (bicyclic) bond motifs is 3. The molecule has 0 bridgehead atoms. The number of hydrogen-bond acceptors (Lipinski definition) is 3. The van der Waals surface area contributed by atoms with Gasteiger partial charge in [-0.3, -0.25) is 4.90 Å². The molecule has 0 aliphatic carbocycles. The van der Waals surface area contributed by atoms with Crippen LogP contribution in [0.4, 0.5) is 5.69 Å². The van der Waals surface area contributed by atoms with Gasteiger partial charge in [-0.1, -0.05) is 30.3 Å². The molecule has 1 saturated heterocycles. The zero-order chi connectivity index (χ0) is 14.9. The molecule has 0 amide bonds. The molecule has 0 radical (unpaired) electrons. The quantitative estimate of drug-likeness (QED) is 0.859. The maximum Gasteiger partial charge on any atom is 0.118 e. The number of rotatable bonds is 3. The fourth-order valence-electron chi connectivity index (χ4n) is 3.79. The highest BCUT2D eigenvalue weighted by Gasteiger charge is 2.35. The Morgan fingerprint density at radius 1 is 1.09 bits per heavy atom. The molecule has 114 valence electrons. The average Bonchev–Trinajstić information content (AvgIpc) is 3.06. The van der Waals surface area contributed by atoms with Crippen molar-refractivity contribution in [3.8, 4) is 5.75 Å². The minimum atomic E-state index is 0.553. The van der Waals surface area contributed by atoms with Crippen molar-refractivity contribution in [2.24, 2.45) is 0 Å². The largest absolute Gasteiger partial charge is 0.497 e. The molecule has 2 aliphatic heterocycles. The van der Waals surface area contributed by atoms with Crippen LogP contribution in [0, 0.1) is 0 Å². The lowest BCUT2D eigenvalue weighted by Gasteiger charge is -2.42. The topological polar surface area (TPSA) is 15.7 Å². The minimum Gasteiger partial charge on any atom is -0.497 e. The Kier molecular flexibility index (Phi) is 3.51. The van der Waals surface area contributed by atoms with Gasteiger partial charge in [0.25, 0.3) is 0 Å². The second-order valence-electron chi connectivity index (χ2n) is 6.20. The monoisotopic (exact) mass is 294 g/mol. The number of methoxy groups -OCH3 is 1. The van der Waals surface area contributed by atoms with E-state index in [1.54, 1.807) is 7.11 Å². The predicted molar refractivity (Wildman–Crippen MR) is 89.1 cm³/mol. The lowest BCUT2D eigenvalue weighted by atomic mass is 10.1. The van der Waals surface area contributed by atoms with E-state index in [4.69, 9.17) is 4.74 Å². The molecule has 0 N–H and O–H groups in total. The maximum absolute atomic E-state index is 5.25. The van der Waals surface area contributed by atoms with Gasteiger partial charge in [0.1, 0.15) is 5.75 Å². The molecule has 2 aromatic rings. The van der Waals surface area contributed by atoms with Gasteiger partial charge in [0, 0.05) is 25.3 Å². The van der Waals surface area contributed by atoms with Gasteiger partial charge in [0.2, 0.25) is 0 Å². The first kappa shape index (κ1) is 13.6. The molecule has 2 heterocycles. The third kappa shape index (κ3) is 2.35. The molecule has 1 atom stereocenters. The van der Waals surface area contributed by atoms with Crippen molar-refractivity contribution in [3.05, 3.63) is 59.7 Å². The molecule has 1 unspecified atom stereocenters. The molecule has 0 saturated carbocycles. The Hall–Kier alpha value is -2.00. The molecule has 4 rings (SSSR count). The van der Waals surface area contributed by atoms with Gasteiger partial charge in [-0.2, -0.15) is 0 Å². The van der Waals surface area contributed by atoms with Crippen molar-refractivity contribution in [1.29, 1.82) is 0 Å². The summed E-state index contributed by atoms with van der Waals surface area (Å²) in [6.45, 7) is 3.23. The van der Waals surface area contributed by atoms with Crippen molar-refractivity contribution in [2.75, 3.05) is 18.6 Å². The van der Waals surface area contributed by atoms with Gasteiger partial charge in [0.15, 0.2) is 0 Å². The maximum atomic E-state index is 5.25. The molecule has 3 heteroatoms. The highest BCUT2D eigenvalue weighted by Crippen LogP contribution is 2.36. The summed E-state index contributed by atoms with van der Waals surface area (Å²) in [6, 6.07) is 17.3. The summed E-state index contributed by atoms with van der Waals surface area (Å²) in [5.41, 5.74) is 4.25. The van der Waals surface area contributed by atoms with Crippen molar-refractivity contribution in [3.63, 3.8) is 0 Å². The van der Waals surface area contributed by atoms with E-state index in [0.29, 0.717) is 6.17 Å². The molecule has 2 aliphatic rings. The average molecular weight is 294 g/mol. The molecule has 0 spiro atoms. The Labute approximate surface area is 132 Å². The van der Waals surface area contributed by atoms with E-state index in [-0.39, 0.29) is 0 Å². The zero-order valence-electron chi connectivity index (χ0n) is 13.0. The third-order valence-corrected chi connectivity index (χ3v) is 4.86. The number of anilines is 1. The van der Waals surface area contributed by atoms with Crippen LogP contribution in [0.25, 0.3) is 0 Å². The Morgan fingerprint density at radius 3 is 2.73 bits per heavy atom. The highest BCUT2D eigenvalue weighted by atomic mass is 16.5. The van der Waals surface area contributed by atoms with Gasteiger partial charge in [-0.05, 0) is 42.2 Å². The summed E-state index contributed by atoms with van der Waals surface area (Å²) >= 11 is 0. The fraction of sp³-hybridized carbons (Fsp3) is 0.368. The van der Waals surface area contributed by atoms with E-state index in [2.05, 4.69) is 58.3 Å². The second-order valence-corrected chi connectivity index (χ2v) is 6.20. The standard InChI is InChI=1S/C19H22N2O/c1-22-17-10-8-15(9-11-17)13-20-14-16-5-2-3-6-18(16)21-12-4-7-19(20)21/h2-3,5-6,8-11,19H,4,7,12-14H2,1H3. The summed E-state index contributed by atoms with van der Waals surface area (Å²) in [5, 5.41) is 0. The minimum absolute atomic E-state index is 0.553. The van der Waals surface area contributed by atoms with Crippen molar-refractivity contribution in [1.82, 2.24) is 4.90 Å². The first-order valence-electron chi connectivity index (χ1n) is 8.07. The number of hydrogen-bond donors (Lipinski definition) is 0. The molecule has 22 heavy (non-hydrogen) atoms. The molecular weight excluding hydrogens is 272 g/mol. The fourth-order valence-corrected chi connectivity index (χ4v) is 3.79. The second kappa shape index (κ2) is 5.65. The SMILES string of the molecule is COc1ccc(CN2Cc3ccccc3N3CCCC23)cc1. The number of ether oxygens (including phenoxy) is 1. The van der Waals surface area contributed by atoms with Crippen LogP contribution in [0.15, 0.2) is 48.5 Å². The molecular formula is C19H22N2O. The van der Waals surface area contributed by atoms with Crippen LogP contribution in [0.2, 0.25) is 0 Å². The number of para-hydroxylation sites is 1. The van der Waals surface area contributed by atoms with Crippen molar-refractivity contribution < 1.29 is 4.74 Å². The predicted octanol–water partition coefficient (Wildman–Crippen LogP) is 3.64. The Morgan fingerprint density at radius 2 is 1.91 bits per heavy atom. The van der Waals surface area contributed by atoms with Gasteiger partial charge >= 0.3 is 0 Å². The van der Waals surface area contributed by atoms with Crippen molar-refractivity contribution >= 4 is 5.69 Å². The van der Waals surface area contributed by atoms with Crippen LogP contribution >= 0.6 is 0 Å². The summed E-state index contributed by atoms with van der Waals surface area (Å²) < 4.78 is 5.25. The zero-order valence-corrected chi connectivity index (χ0v) is 13.0. The first-order valence-corrected chi connectivity index (χ1v) is 8.07. The summed E-state index contributed by atoms with van der Waals surface area (Å²) in [7, 11) is 1.72. The van der Waals surface area contributed by atoms with E-state index in [1.165, 1.54) is 36.2 Å². The van der Waals surface area contributed by atoms with Crippen LogP contribution in [-0.2, 0) is 13.1 Å². The van der Waals surface area contributed by atoms with Gasteiger partial charge < -0.3 is 9.64 Å². The van der Waals surface area contributed by atoms with Gasteiger partial charge in [-0.25, -0.2) is 0 Å². The summed E-state index contributed by atoms with van der Waals surface area (Å²) in [5.74, 6) is 0.926. The van der Waals surface area contributed by atoms with E-state index < -0.39 is 0 Å². The third-order valence-electron chi connectivity index (χ3n) is 4.86. The van der Waals surface area contributed by atoms with Crippen LogP contribution in [0.5, 0.6) is 5.75 Å². The molecule has 0 aromatic heterocycles. The number of benzene rings is 2. The van der Waals surface area contributed by atoms with Gasteiger partial charge in [-0.15, -0.1) is 0 Å². The van der Waals surface area contributed by atoms with Crippen LogP contribution < -0.4 is 9.64 Å². The van der Waals surface area contributed by atoms with Crippen molar-refractivity contribution in [2.45, 2.75) is 32.1 Å². The molecule has 2 aromatic carbocycles. The van der Waals surface area contributed by atoms with E-state index >= 15 is 0 Å². The van der Waals surface area contributed by atoms with Crippen LogP contribution in [0.3, 0.4) is 0 Å². The van der Waals surface area contributed by atoms with E-state index in [9.17, 15) is 0 Å². The smallest absolute Gasteiger partial charge is 0.118 e. The van der Waals surface area contributed by atoms with Crippen LogP contribution in [0.1, 0.15) is 24.0 Å². The molecule has 3 nitrogen and oxygen atoms in total. The van der Waals surface area contributed by atoms with E-state index in [0.717, 1.165) is 18.8 Å². The normalized spacial score (nSPS) is 20.6. The first-order chi connectivity index (χ1) is 10.8. The summed E-state index contributed by atoms with van der Waals surface area (Å²) in [6.07, 6.45) is 3.11. The highest BCUT2D eigenvalue weighted by molar-refractivity contribution is 5.56. The lowest BCUT2D eigenvalue weighted by Crippen LogP contribution is -2.47. The van der Waals surface area contributed by atoms with Gasteiger partial charge in [0.05, 0.1) is 13.3 Å². The van der Waals surface area contributed by atoms with Crippen LogP contribution in [-0.4, -0.2) is 24.7 Å². The lowest BCUT2D eigenvalue weighted by molar-refractivity contribution is 0.172. The Bertz CT molecular complexity index is 653. The summed E-state index contributed by atoms with van der Waals surface area (Å²) in [4.78, 5) is 5.19. The number of nitrogens with zero attached hydrogens (tertiary/aromatic N) is 2. The Balaban J connectivity index is 1.59. The van der Waals surface area contributed by atoms with E-state index in [1.807, 2.05) is 0 Å².